The average Bonchev–Trinajstić information content (AvgIpc) is 2.54. The highest BCUT2D eigenvalue weighted by Crippen LogP contribution is 2.17. The summed E-state index contributed by atoms with van der Waals surface area (Å²) in [4.78, 5) is 35.3. The second-order valence-corrected chi connectivity index (χ2v) is 5.94. The molecule has 0 saturated heterocycles. The zero-order valence-corrected chi connectivity index (χ0v) is 14.4. The first-order chi connectivity index (χ1) is 11.8. The van der Waals surface area contributed by atoms with Crippen molar-refractivity contribution in [3.63, 3.8) is 0 Å². The molecule has 6 nitrogen and oxygen atoms in total. The summed E-state index contributed by atoms with van der Waals surface area (Å²) in [6, 6.07) is 13.6. The Hall–Kier alpha value is -3.15. The summed E-state index contributed by atoms with van der Waals surface area (Å²) in [6.45, 7) is 5.02. The van der Waals surface area contributed by atoms with E-state index < -0.39 is 0 Å². The van der Waals surface area contributed by atoms with E-state index in [1.165, 1.54) is 6.92 Å². The largest absolute Gasteiger partial charge is 0.326 e. The van der Waals surface area contributed by atoms with Crippen LogP contribution in [0.3, 0.4) is 0 Å². The molecule has 2 rings (SSSR count). The molecule has 0 saturated carbocycles. The van der Waals surface area contributed by atoms with E-state index in [-0.39, 0.29) is 23.6 Å². The Morgan fingerprint density at radius 2 is 1.36 bits per heavy atom. The fraction of sp³-hybridized carbons (Fsp3) is 0.211. The third kappa shape index (κ3) is 5.46. The fourth-order valence-corrected chi connectivity index (χ4v) is 2.11. The van der Waals surface area contributed by atoms with Crippen LogP contribution in [0.1, 0.15) is 31.1 Å². The van der Waals surface area contributed by atoms with Crippen molar-refractivity contribution in [3.05, 3.63) is 54.1 Å². The van der Waals surface area contributed by atoms with E-state index in [1.54, 1.807) is 62.4 Å². The van der Waals surface area contributed by atoms with Crippen LogP contribution in [-0.2, 0) is 9.59 Å². The molecule has 0 aliphatic heterocycles. The van der Waals surface area contributed by atoms with Crippen LogP contribution in [0, 0.1) is 5.92 Å². The van der Waals surface area contributed by atoms with Gasteiger partial charge in [0.15, 0.2) is 0 Å². The van der Waals surface area contributed by atoms with Gasteiger partial charge in [0, 0.05) is 35.5 Å². The highest BCUT2D eigenvalue weighted by atomic mass is 16.2. The maximum absolute atomic E-state index is 12.4. The highest BCUT2D eigenvalue weighted by Gasteiger charge is 2.10. The zero-order chi connectivity index (χ0) is 18.4. The molecule has 0 unspecified atom stereocenters. The standard InChI is InChI=1S/C19H21N3O3/c1-12(2)18(24)21-15-7-4-6-14(10-15)19(25)22-17-9-5-8-16(11-17)20-13(3)23/h4-12H,1-3H3,(H,20,23)(H,21,24)(H,22,25). The molecule has 2 aromatic carbocycles. The van der Waals surface area contributed by atoms with Gasteiger partial charge in [-0.2, -0.15) is 0 Å². The fourth-order valence-electron chi connectivity index (χ4n) is 2.11. The Morgan fingerprint density at radius 1 is 0.800 bits per heavy atom. The normalized spacial score (nSPS) is 10.2. The van der Waals surface area contributed by atoms with Crippen LogP contribution in [0.4, 0.5) is 17.1 Å². The van der Waals surface area contributed by atoms with Crippen LogP contribution in [0.25, 0.3) is 0 Å². The van der Waals surface area contributed by atoms with Gasteiger partial charge in [0.1, 0.15) is 0 Å². The van der Waals surface area contributed by atoms with Gasteiger partial charge in [-0.15, -0.1) is 0 Å². The third-order valence-electron chi connectivity index (χ3n) is 3.36. The van der Waals surface area contributed by atoms with Crippen molar-refractivity contribution in [2.75, 3.05) is 16.0 Å². The van der Waals surface area contributed by atoms with E-state index in [0.29, 0.717) is 22.6 Å². The maximum atomic E-state index is 12.4. The van der Waals surface area contributed by atoms with Gasteiger partial charge in [0.2, 0.25) is 11.8 Å². The average molecular weight is 339 g/mol. The van der Waals surface area contributed by atoms with Gasteiger partial charge in [0.25, 0.3) is 5.91 Å². The van der Waals surface area contributed by atoms with E-state index >= 15 is 0 Å². The van der Waals surface area contributed by atoms with Crippen LogP contribution < -0.4 is 16.0 Å². The SMILES string of the molecule is CC(=O)Nc1cccc(NC(=O)c2cccc(NC(=O)C(C)C)c2)c1. The quantitative estimate of drug-likeness (QED) is 0.779. The Morgan fingerprint density at radius 3 is 1.96 bits per heavy atom. The zero-order valence-electron chi connectivity index (χ0n) is 14.4. The summed E-state index contributed by atoms with van der Waals surface area (Å²) in [5.41, 5.74) is 2.15. The first-order valence-electron chi connectivity index (χ1n) is 7.95. The van der Waals surface area contributed by atoms with Crippen molar-refractivity contribution >= 4 is 34.8 Å². The number of rotatable bonds is 5. The van der Waals surface area contributed by atoms with E-state index in [1.807, 2.05) is 0 Å². The molecule has 3 amide bonds. The summed E-state index contributed by atoms with van der Waals surface area (Å²) in [5, 5.41) is 8.20. The monoisotopic (exact) mass is 339 g/mol. The molecule has 0 atom stereocenters. The minimum Gasteiger partial charge on any atom is -0.326 e. The van der Waals surface area contributed by atoms with Crippen LogP contribution in [0.15, 0.2) is 48.5 Å². The molecule has 6 heteroatoms. The van der Waals surface area contributed by atoms with E-state index in [0.717, 1.165) is 0 Å². The number of carbonyl (C=O) groups is 3. The first-order valence-corrected chi connectivity index (χ1v) is 7.95. The number of hydrogen-bond donors (Lipinski definition) is 3. The molecule has 0 fully saturated rings. The molecule has 0 radical (unpaired) electrons. The van der Waals surface area contributed by atoms with Gasteiger partial charge < -0.3 is 16.0 Å². The lowest BCUT2D eigenvalue weighted by molar-refractivity contribution is -0.119. The van der Waals surface area contributed by atoms with Crippen molar-refractivity contribution in [1.82, 2.24) is 0 Å². The van der Waals surface area contributed by atoms with E-state index in [4.69, 9.17) is 0 Å². The summed E-state index contributed by atoms with van der Waals surface area (Å²) in [5.74, 6) is -0.743. The van der Waals surface area contributed by atoms with Crippen molar-refractivity contribution in [1.29, 1.82) is 0 Å². The summed E-state index contributed by atoms with van der Waals surface area (Å²) < 4.78 is 0. The number of anilines is 3. The lowest BCUT2D eigenvalue weighted by Gasteiger charge is -2.10. The van der Waals surface area contributed by atoms with Crippen molar-refractivity contribution < 1.29 is 14.4 Å². The minimum absolute atomic E-state index is 0.111. The van der Waals surface area contributed by atoms with Gasteiger partial charge in [-0.25, -0.2) is 0 Å². The lowest BCUT2D eigenvalue weighted by Crippen LogP contribution is -2.18. The second kappa shape index (κ2) is 8.10. The Bertz CT molecular complexity index is 800. The van der Waals surface area contributed by atoms with Gasteiger partial charge >= 0.3 is 0 Å². The molecule has 25 heavy (non-hydrogen) atoms. The molecule has 0 aliphatic rings. The Labute approximate surface area is 146 Å². The number of carbonyl (C=O) groups excluding carboxylic acids is 3. The second-order valence-electron chi connectivity index (χ2n) is 5.94. The summed E-state index contributed by atoms with van der Waals surface area (Å²) in [7, 11) is 0. The molecule has 0 spiro atoms. The number of amides is 3. The Balaban J connectivity index is 2.11. The van der Waals surface area contributed by atoms with E-state index in [2.05, 4.69) is 16.0 Å². The van der Waals surface area contributed by atoms with Crippen molar-refractivity contribution in [2.24, 2.45) is 5.92 Å². The first kappa shape index (κ1) is 18.2. The minimum atomic E-state index is -0.305. The molecule has 3 N–H and O–H groups in total. The van der Waals surface area contributed by atoms with Gasteiger partial charge in [-0.3, -0.25) is 14.4 Å². The molecular weight excluding hydrogens is 318 g/mol. The summed E-state index contributed by atoms with van der Waals surface area (Å²) >= 11 is 0. The molecule has 0 bridgehead atoms. The smallest absolute Gasteiger partial charge is 0.255 e. The van der Waals surface area contributed by atoms with Gasteiger partial charge in [0.05, 0.1) is 0 Å². The predicted octanol–water partition coefficient (Wildman–Crippen LogP) is 3.49. The molecule has 0 aliphatic carbocycles. The number of hydrogen-bond acceptors (Lipinski definition) is 3. The lowest BCUT2D eigenvalue weighted by atomic mass is 10.1. The molecule has 0 heterocycles. The predicted molar refractivity (Wildman–Crippen MR) is 98.6 cm³/mol. The molecule has 130 valence electrons. The van der Waals surface area contributed by atoms with Crippen LogP contribution in [0.2, 0.25) is 0 Å². The van der Waals surface area contributed by atoms with Crippen LogP contribution >= 0.6 is 0 Å². The van der Waals surface area contributed by atoms with Gasteiger partial charge in [-0.05, 0) is 36.4 Å². The van der Waals surface area contributed by atoms with E-state index in [9.17, 15) is 14.4 Å². The van der Waals surface area contributed by atoms with Crippen LogP contribution in [-0.4, -0.2) is 17.7 Å². The van der Waals surface area contributed by atoms with Crippen molar-refractivity contribution in [3.8, 4) is 0 Å². The highest BCUT2D eigenvalue weighted by molar-refractivity contribution is 6.05. The summed E-state index contributed by atoms with van der Waals surface area (Å²) in [6.07, 6.45) is 0. The third-order valence-corrected chi connectivity index (χ3v) is 3.36. The molecule has 0 aromatic heterocycles. The van der Waals surface area contributed by atoms with Crippen molar-refractivity contribution in [2.45, 2.75) is 20.8 Å². The van der Waals surface area contributed by atoms with Gasteiger partial charge in [-0.1, -0.05) is 26.0 Å². The Kier molecular flexibility index (Phi) is 5.89. The topological polar surface area (TPSA) is 87.3 Å². The number of nitrogens with one attached hydrogen (secondary N) is 3. The molecule has 2 aromatic rings. The molecular formula is C19H21N3O3. The maximum Gasteiger partial charge on any atom is 0.255 e. The van der Waals surface area contributed by atoms with Crippen LogP contribution in [0.5, 0.6) is 0 Å². The number of benzene rings is 2.